The van der Waals surface area contributed by atoms with E-state index in [0.29, 0.717) is 16.9 Å². The highest BCUT2D eigenvalue weighted by atomic mass is 35.5. The molecule has 0 atom stereocenters. The quantitative estimate of drug-likeness (QED) is 0.428. The first-order chi connectivity index (χ1) is 15.6. The number of carbonyl (C=O) groups is 3. The fraction of sp³-hybridized carbons (Fsp3) is 0.160. The number of aryl methyl sites for hydroxylation is 3. The molecule has 4 amide bonds. The number of benzene rings is 2. The SMILES string of the molecule is Cc1ccc(N2C(=O)NC(=O)/C(=C\c3cc(C)n(-c4ccc(F)c(Cl)c4)c3C)C2=O)cc1C. The van der Waals surface area contributed by atoms with Crippen molar-refractivity contribution in [2.45, 2.75) is 27.7 Å². The lowest BCUT2D eigenvalue weighted by Gasteiger charge is -2.26. The summed E-state index contributed by atoms with van der Waals surface area (Å²) in [5.74, 6) is -1.99. The van der Waals surface area contributed by atoms with Gasteiger partial charge in [-0.3, -0.25) is 14.9 Å². The monoisotopic (exact) mass is 465 g/mol. The minimum Gasteiger partial charge on any atom is -0.318 e. The van der Waals surface area contributed by atoms with E-state index in [2.05, 4.69) is 5.32 Å². The van der Waals surface area contributed by atoms with Crippen LogP contribution in [0.4, 0.5) is 14.9 Å². The van der Waals surface area contributed by atoms with Gasteiger partial charge in [-0.1, -0.05) is 17.7 Å². The van der Waals surface area contributed by atoms with Crippen molar-refractivity contribution >= 4 is 41.2 Å². The third-order valence-electron chi connectivity index (χ3n) is 5.78. The molecule has 168 valence electrons. The smallest absolute Gasteiger partial charge is 0.318 e. The van der Waals surface area contributed by atoms with Crippen molar-refractivity contribution in [3.05, 3.63) is 87.0 Å². The van der Waals surface area contributed by atoms with Crippen molar-refractivity contribution in [1.82, 2.24) is 9.88 Å². The van der Waals surface area contributed by atoms with Crippen LogP contribution in [0.15, 0.2) is 48.0 Å². The van der Waals surface area contributed by atoms with E-state index in [4.69, 9.17) is 11.6 Å². The molecule has 0 saturated carbocycles. The molecule has 4 rings (SSSR count). The number of nitrogens with one attached hydrogen (secondary N) is 1. The Balaban J connectivity index is 1.77. The molecule has 0 spiro atoms. The second kappa shape index (κ2) is 8.33. The molecule has 1 aromatic heterocycles. The van der Waals surface area contributed by atoms with E-state index in [1.165, 1.54) is 18.2 Å². The molecular weight excluding hydrogens is 445 g/mol. The van der Waals surface area contributed by atoms with E-state index >= 15 is 0 Å². The predicted octanol–water partition coefficient (Wildman–Crippen LogP) is 5.17. The van der Waals surface area contributed by atoms with Crippen LogP contribution in [-0.4, -0.2) is 22.4 Å². The zero-order valence-corrected chi connectivity index (χ0v) is 19.2. The zero-order valence-electron chi connectivity index (χ0n) is 18.5. The van der Waals surface area contributed by atoms with Crippen molar-refractivity contribution in [1.29, 1.82) is 0 Å². The summed E-state index contributed by atoms with van der Waals surface area (Å²) < 4.78 is 15.4. The first-order valence-corrected chi connectivity index (χ1v) is 10.6. The van der Waals surface area contributed by atoms with Gasteiger partial charge in [0.2, 0.25) is 0 Å². The first kappa shape index (κ1) is 22.5. The standard InChI is InChI=1S/C25H21ClFN3O3/c1-13-5-6-18(9-14(13)2)30-24(32)20(23(31)28-25(30)33)11-17-10-15(3)29(16(17)4)19-7-8-22(27)21(26)12-19/h5-12H,1-4H3,(H,28,31,33)/b20-11+. The lowest BCUT2D eigenvalue weighted by molar-refractivity contribution is -0.122. The fourth-order valence-electron chi connectivity index (χ4n) is 3.87. The Labute approximate surface area is 195 Å². The van der Waals surface area contributed by atoms with Crippen LogP contribution in [0.2, 0.25) is 5.02 Å². The number of urea groups is 1. The van der Waals surface area contributed by atoms with Crippen molar-refractivity contribution in [2.24, 2.45) is 0 Å². The number of anilines is 1. The van der Waals surface area contributed by atoms with Crippen molar-refractivity contribution < 1.29 is 18.8 Å². The molecular formula is C25H21ClFN3O3. The average molecular weight is 466 g/mol. The van der Waals surface area contributed by atoms with E-state index in [-0.39, 0.29) is 10.6 Å². The van der Waals surface area contributed by atoms with Crippen LogP contribution in [0, 0.1) is 33.5 Å². The van der Waals surface area contributed by atoms with Gasteiger partial charge in [-0.25, -0.2) is 14.1 Å². The number of barbiturate groups is 1. The average Bonchev–Trinajstić information content (AvgIpc) is 3.03. The molecule has 0 bridgehead atoms. The third-order valence-corrected chi connectivity index (χ3v) is 6.07. The lowest BCUT2D eigenvalue weighted by atomic mass is 10.1. The Morgan fingerprint density at radius 3 is 2.27 bits per heavy atom. The van der Waals surface area contributed by atoms with Gasteiger partial charge in [0, 0.05) is 17.1 Å². The van der Waals surface area contributed by atoms with Crippen LogP contribution in [0.3, 0.4) is 0 Å². The molecule has 33 heavy (non-hydrogen) atoms. The number of amides is 4. The Hall–Kier alpha value is -3.71. The molecule has 2 aromatic carbocycles. The number of carbonyl (C=O) groups excluding carboxylic acids is 3. The Morgan fingerprint density at radius 2 is 1.61 bits per heavy atom. The van der Waals surface area contributed by atoms with Gasteiger partial charge in [0.15, 0.2) is 0 Å². The van der Waals surface area contributed by atoms with E-state index in [1.807, 2.05) is 38.3 Å². The minimum atomic E-state index is -0.795. The predicted molar refractivity (Wildman–Crippen MR) is 125 cm³/mol. The normalized spacial score (nSPS) is 15.4. The fourth-order valence-corrected chi connectivity index (χ4v) is 4.04. The summed E-state index contributed by atoms with van der Waals surface area (Å²) in [6, 6.07) is 10.6. The van der Waals surface area contributed by atoms with E-state index in [1.54, 1.807) is 24.3 Å². The summed E-state index contributed by atoms with van der Waals surface area (Å²) in [6.45, 7) is 7.47. The summed E-state index contributed by atoms with van der Waals surface area (Å²) >= 11 is 5.94. The number of hydrogen-bond donors (Lipinski definition) is 1. The molecule has 0 radical (unpaired) electrons. The van der Waals surface area contributed by atoms with Crippen molar-refractivity contribution in [3.63, 3.8) is 0 Å². The molecule has 1 N–H and O–H groups in total. The second-order valence-electron chi connectivity index (χ2n) is 7.99. The maximum absolute atomic E-state index is 13.6. The summed E-state index contributed by atoms with van der Waals surface area (Å²) in [6.07, 6.45) is 1.46. The number of hydrogen-bond acceptors (Lipinski definition) is 3. The molecule has 2 heterocycles. The summed E-state index contributed by atoms with van der Waals surface area (Å²) in [5, 5.41) is 2.23. The molecule has 1 aliphatic rings. The van der Waals surface area contributed by atoms with Crippen LogP contribution in [0.25, 0.3) is 11.8 Å². The van der Waals surface area contributed by atoms with Crippen LogP contribution < -0.4 is 10.2 Å². The van der Waals surface area contributed by atoms with Gasteiger partial charge >= 0.3 is 6.03 Å². The largest absolute Gasteiger partial charge is 0.335 e. The minimum absolute atomic E-state index is 0.00992. The third kappa shape index (κ3) is 3.96. The van der Waals surface area contributed by atoms with Crippen LogP contribution in [0.5, 0.6) is 0 Å². The maximum Gasteiger partial charge on any atom is 0.335 e. The highest BCUT2D eigenvalue weighted by Gasteiger charge is 2.37. The zero-order chi connectivity index (χ0) is 24.0. The number of halogens is 2. The van der Waals surface area contributed by atoms with E-state index in [9.17, 15) is 18.8 Å². The topological polar surface area (TPSA) is 71.4 Å². The molecule has 0 aliphatic carbocycles. The Morgan fingerprint density at radius 1 is 0.909 bits per heavy atom. The van der Waals surface area contributed by atoms with Gasteiger partial charge in [0.1, 0.15) is 11.4 Å². The number of imide groups is 2. The van der Waals surface area contributed by atoms with Crippen LogP contribution >= 0.6 is 11.6 Å². The van der Waals surface area contributed by atoms with E-state index < -0.39 is 23.7 Å². The van der Waals surface area contributed by atoms with Crippen molar-refractivity contribution in [2.75, 3.05) is 4.90 Å². The van der Waals surface area contributed by atoms with Gasteiger partial charge in [-0.05, 0) is 86.9 Å². The summed E-state index contributed by atoms with van der Waals surface area (Å²) in [5.41, 5.74) is 4.93. The Kier molecular flexibility index (Phi) is 5.68. The number of nitrogens with zero attached hydrogens (tertiary/aromatic N) is 2. The van der Waals surface area contributed by atoms with Gasteiger partial charge in [0.05, 0.1) is 10.7 Å². The molecule has 6 nitrogen and oxygen atoms in total. The van der Waals surface area contributed by atoms with Gasteiger partial charge in [0.25, 0.3) is 11.8 Å². The number of aromatic nitrogens is 1. The highest BCUT2D eigenvalue weighted by molar-refractivity contribution is 6.39. The summed E-state index contributed by atoms with van der Waals surface area (Å²) in [4.78, 5) is 39.2. The van der Waals surface area contributed by atoms with Crippen LogP contribution in [0.1, 0.15) is 28.1 Å². The maximum atomic E-state index is 13.6. The molecule has 1 fully saturated rings. The Bertz CT molecular complexity index is 1370. The summed E-state index contributed by atoms with van der Waals surface area (Å²) in [7, 11) is 0. The molecule has 8 heteroatoms. The van der Waals surface area contributed by atoms with Gasteiger partial charge in [-0.15, -0.1) is 0 Å². The molecule has 0 unspecified atom stereocenters. The number of rotatable bonds is 3. The van der Waals surface area contributed by atoms with Crippen molar-refractivity contribution in [3.8, 4) is 5.69 Å². The lowest BCUT2D eigenvalue weighted by Crippen LogP contribution is -2.54. The molecule has 1 saturated heterocycles. The highest BCUT2D eigenvalue weighted by Crippen LogP contribution is 2.28. The van der Waals surface area contributed by atoms with Crippen LogP contribution in [-0.2, 0) is 9.59 Å². The first-order valence-electron chi connectivity index (χ1n) is 10.2. The molecule has 1 aliphatic heterocycles. The second-order valence-corrected chi connectivity index (χ2v) is 8.39. The van der Waals surface area contributed by atoms with E-state index in [0.717, 1.165) is 27.4 Å². The van der Waals surface area contributed by atoms with Gasteiger partial charge < -0.3 is 4.57 Å². The molecule has 3 aromatic rings. The van der Waals surface area contributed by atoms with Gasteiger partial charge in [-0.2, -0.15) is 0 Å².